The molecule has 0 saturated heterocycles. The number of rotatable bonds is 7. The summed E-state index contributed by atoms with van der Waals surface area (Å²) < 4.78 is 1.49. The number of aryl methyl sites for hydroxylation is 1. The maximum atomic E-state index is 12.5. The Bertz CT molecular complexity index is 1090. The largest absolute Gasteiger partial charge is 0.310 e. The van der Waals surface area contributed by atoms with Crippen LogP contribution >= 0.6 is 0 Å². The Labute approximate surface area is 174 Å². The second kappa shape index (κ2) is 9.45. The average molecular weight is 403 g/mol. The van der Waals surface area contributed by atoms with E-state index in [9.17, 15) is 14.9 Å². The minimum atomic E-state index is -0.367. The Kier molecular flexibility index (Phi) is 6.52. The van der Waals surface area contributed by atoms with Gasteiger partial charge in [-0.05, 0) is 38.2 Å². The lowest BCUT2D eigenvalue weighted by Gasteiger charge is -2.16. The summed E-state index contributed by atoms with van der Waals surface area (Å²) in [7, 11) is 1.66. The Balaban J connectivity index is 1.61. The van der Waals surface area contributed by atoms with Crippen LogP contribution < -0.4 is 10.6 Å². The number of anilines is 2. The molecule has 3 aromatic rings. The lowest BCUT2D eigenvalue weighted by Crippen LogP contribution is -2.36. The number of benzene rings is 1. The summed E-state index contributed by atoms with van der Waals surface area (Å²) in [5.41, 5.74) is 1.76. The van der Waals surface area contributed by atoms with Gasteiger partial charge in [-0.3, -0.25) is 14.5 Å². The molecule has 0 radical (unpaired) electrons. The van der Waals surface area contributed by atoms with Crippen LogP contribution in [-0.4, -0.2) is 51.6 Å². The Morgan fingerprint density at radius 2 is 1.77 bits per heavy atom. The zero-order chi connectivity index (χ0) is 21.5. The number of para-hydroxylation sites is 1. The molecule has 30 heavy (non-hydrogen) atoms. The first-order valence-corrected chi connectivity index (χ1v) is 9.21. The van der Waals surface area contributed by atoms with Crippen molar-refractivity contribution in [3.05, 3.63) is 66.0 Å². The zero-order valence-electron chi connectivity index (χ0n) is 16.7. The molecule has 152 valence electrons. The molecule has 0 fully saturated rings. The third kappa shape index (κ3) is 5.27. The van der Waals surface area contributed by atoms with Crippen LogP contribution in [0.2, 0.25) is 0 Å². The fourth-order valence-electron chi connectivity index (χ4n) is 2.83. The highest BCUT2D eigenvalue weighted by atomic mass is 16.2. The van der Waals surface area contributed by atoms with Crippen molar-refractivity contribution in [2.45, 2.75) is 6.92 Å². The summed E-state index contributed by atoms with van der Waals surface area (Å²) in [6, 6.07) is 16.5. The van der Waals surface area contributed by atoms with Gasteiger partial charge in [-0.1, -0.05) is 24.3 Å². The monoisotopic (exact) mass is 403 g/mol. The van der Waals surface area contributed by atoms with Crippen molar-refractivity contribution in [1.29, 1.82) is 5.26 Å². The molecular formula is C21H21N7O2. The van der Waals surface area contributed by atoms with Gasteiger partial charge in [0.25, 0.3) is 0 Å². The van der Waals surface area contributed by atoms with Crippen LogP contribution in [-0.2, 0) is 9.59 Å². The summed E-state index contributed by atoms with van der Waals surface area (Å²) in [5, 5.41) is 18.9. The average Bonchev–Trinajstić information content (AvgIpc) is 3.10. The quantitative estimate of drug-likeness (QED) is 0.623. The molecule has 2 heterocycles. The van der Waals surface area contributed by atoms with Crippen LogP contribution in [0.15, 0.2) is 54.7 Å². The van der Waals surface area contributed by atoms with Crippen molar-refractivity contribution in [1.82, 2.24) is 19.7 Å². The number of carbonyl (C=O) groups excluding carboxylic acids is 2. The second-order valence-corrected chi connectivity index (χ2v) is 6.70. The first-order chi connectivity index (χ1) is 14.5. The number of hydrogen-bond donors (Lipinski definition) is 2. The predicted octanol–water partition coefficient (Wildman–Crippen LogP) is 1.96. The Morgan fingerprint density at radius 3 is 2.43 bits per heavy atom. The van der Waals surface area contributed by atoms with E-state index in [0.29, 0.717) is 11.5 Å². The number of nitrogens with zero attached hydrogens (tertiary/aromatic N) is 5. The predicted molar refractivity (Wildman–Crippen MR) is 112 cm³/mol. The fraction of sp³-hybridized carbons (Fsp3) is 0.190. The van der Waals surface area contributed by atoms with Crippen molar-refractivity contribution >= 4 is 23.5 Å². The van der Waals surface area contributed by atoms with E-state index in [-0.39, 0.29) is 36.3 Å². The molecule has 0 unspecified atom stereocenters. The lowest BCUT2D eigenvalue weighted by atomic mass is 10.3. The first kappa shape index (κ1) is 20.7. The van der Waals surface area contributed by atoms with Gasteiger partial charge in [0.15, 0.2) is 5.82 Å². The number of hydrogen-bond acceptors (Lipinski definition) is 6. The maximum Gasteiger partial charge on any atom is 0.239 e. The summed E-state index contributed by atoms with van der Waals surface area (Å²) >= 11 is 0. The molecule has 0 saturated carbocycles. The number of likely N-dealkylation sites (N-methyl/N-ethyl adjacent to an activating group) is 1. The highest BCUT2D eigenvalue weighted by Gasteiger charge is 2.17. The SMILES string of the molecule is Cc1cccc(NC(=O)CN(C)CC(=O)Nc2c(C#N)cnn2-c2ccccc2)n1. The Hall–Kier alpha value is -4.03. The van der Waals surface area contributed by atoms with Gasteiger partial charge in [-0.25, -0.2) is 9.67 Å². The van der Waals surface area contributed by atoms with Crippen LogP contribution in [0.4, 0.5) is 11.6 Å². The van der Waals surface area contributed by atoms with Crippen LogP contribution in [0.25, 0.3) is 5.69 Å². The van der Waals surface area contributed by atoms with Gasteiger partial charge in [0.05, 0.1) is 25.0 Å². The number of pyridine rings is 1. The minimum Gasteiger partial charge on any atom is -0.310 e. The zero-order valence-corrected chi connectivity index (χ0v) is 16.7. The summed E-state index contributed by atoms with van der Waals surface area (Å²) in [6.45, 7) is 1.80. The third-order valence-electron chi connectivity index (χ3n) is 4.13. The number of nitriles is 1. The molecule has 0 aliphatic carbocycles. The third-order valence-corrected chi connectivity index (χ3v) is 4.13. The van der Waals surface area contributed by atoms with E-state index in [1.54, 1.807) is 24.1 Å². The maximum absolute atomic E-state index is 12.5. The summed E-state index contributed by atoms with van der Waals surface area (Å²) in [4.78, 5) is 30.5. The van der Waals surface area contributed by atoms with Crippen LogP contribution in [0.3, 0.4) is 0 Å². The van der Waals surface area contributed by atoms with Gasteiger partial charge in [-0.15, -0.1) is 0 Å². The van der Waals surface area contributed by atoms with E-state index >= 15 is 0 Å². The molecule has 9 nitrogen and oxygen atoms in total. The normalized spacial score (nSPS) is 10.5. The Morgan fingerprint density at radius 1 is 1.07 bits per heavy atom. The molecule has 0 spiro atoms. The number of amides is 2. The number of nitrogens with one attached hydrogen (secondary N) is 2. The number of aromatic nitrogens is 3. The summed E-state index contributed by atoms with van der Waals surface area (Å²) in [6.07, 6.45) is 1.40. The molecule has 3 rings (SSSR count). The first-order valence-electron chi connectivity index (χ1n) is 9.21. The van der Waals surface area contributed by atoms with E-state index in [4.69, 9.17) is 0 Å². The van der Waals surface area contributed by atoms with Gasteiger partial charge in [0, 0.05) is 5.69 Å². The molecule has 1 aromatic carbocycles. The fourth-order valence-corrected chi connectivity index (χ4v) is 2.83. The minimum absolute atomic E-state index is 0.00605. The van der Waals surface area contributed by atoms with Gasteiger partial charge in [0.2, 0.25) is 11.8 Å². The molecule has 2 amide bonds. The topological polar surface area (TPSA) is 116 Å². The van der Waals surface area contributed by atoms with E-state index in [1.165, 1.54) is 10.9 Å². The van der Waals surface area contributed by atoms with Crippen molar-refractivity contribution in [2.75, 3.05) is 30.8 Å². The molecule has 2 aromatic heterocycles. The molecular weight excluding hydrogens is 382 g/mol. The van der Waals surface area contributed by atoms with Crippen LogP contribution in [0, 0.1) is 18.3 Å². The molecule has 0 aliphatic rings. The van der Waals surface area contributed by atoms with Crippen molar-refractivity contribution in [2.24, 2.45) is 0 Å². The van der Waals surface area contributed by atoms with E-state index in [0.717, 1.165) is 5.69 Å². The van der Waals surface area contributed by atoms with E-state index in [1.807, 2.05) is 49.4 Å². The van der Waals surface area contributed by atoms with Crippen molar-refractivity contribution in [3.8, 4) is 11.8 Å². The van der Waals surface area contributed by atoms with E-state index in [2.05, 4.69) is 20.7 Å². The van der Waals surface area contributed by atoms with Gasteiger partial charge in [-0.2, -0.15) is 10.4 Å². The highest BCUT2D eigenvalue weighted by Crippen LogP contribution is 2.19. The standard InChI is InChI=1S/C21H21N7O2/c1-15-7-6-10-18(24-15)25-19(29)13-27(2)14-20(30)26-21-16(11-22)12-23-28(21)17-8-4-3-5-9-17/h3-10,12H,13-14H2,1-2H3,(H,26,30)(H,24,25,29). The molecule has 9 heteroatoms. The smallest absolute Gasteiger partial charge is 0.239 e. The second-order valence-electron chi connectivity index (χ2n) is 6.70. The highest BCUT2D eigenvalue weighted by molar-refractivity contribution is 5.94. The van der Waals surface area contributed by atoms with Crippen molar-refractivity contribution in [3.63, 3.8) is 0 Å². The number of carbonyl (C=O) groups is 2. The van der Waals surface area contributed by atoms with Gasteiger partial charge < -0.3 is 10.6 Å². The molecule has 2 N–H and O–H groups in total. The molecule has 0 aliphatic heterocycles. The summed E-state index contributed by atoms with van der Waals surface area (Å²) in [5.74, 6) is 0.0994. The van der Waals surface area contributed by atoms with Crippen LogP contribution in [0.1, 0.15) is 11.3 Å². The molecule has 0 bridgehead atoms. The lowest BCUT2D eigenvalue weighted by molar-refractivity contribution is -0.119. The van der Waals surface area contributed by atoms with Crippen molar-refractivity contribution < 1.29 is 9.59 Å². The molecule has 0 atom stereocenters. The van der Waals surface area contributed by atoms with Gasteiger partial charge >= 0.3 is 0 Å². The van der Waals surface area contributed by atoms with Gasteiger partial charge in [0.1, 0.15) is 17.5 Å². The van der Waals surface area contributed by atoms with Crippen LogP contribution in [0.5, 0.6) is 0 Å². The van der Waals surface area contributed by atoms with E-state index < -0.39 is 0 Å².